The molecule has 0 amide bonds. The molecule has 1 saturated heterocycles. The molecule has 1 aliphatic heterocycles. The molecule has 1 aliphatic rings. The van der Waals surface area contributed by atoms with E-state index in [1.54, 1.807) is 0 Å². The molecule has 0 bridgehead atoms. The van der Waals surface area contributed by atoms with Gasteiger partial charge in [0, 0.05) is 98.1 Å². The van der Waals surface area contributed by atoms with Crippen LogP contribution in [0, 0.1) is 0 Å². The number of hydrogen-bond acceptors (Lipinski definition) is 9. The summed E-state index contributed by atoms with van der Waals surface area (Å²) in [7, 11) is -3.36. The largest absolute Gasteiger partial charge is 0.420 e. The van der Waals surface area contributed by atoms with Crippen LogP contribution >= 0.6 is 0 Å². The molecule has 0 atom stereocenters. The second-order valence-corrected chi connectivity index (χ2v) is 78.3. The van der Waals surface area contributed by atoms with Crippen LogP contribution in [0.1, 0.15) is 18.4 Å². The maximum atomic E-state index is 5.67. The molecule has 1 N–H and O–H groups in total. The fourth-order valence-corrected chi connectivity index (χ4v) is 42.8. The second kappa shape index (κ2) is 38.3. The Balaban J connectivity index is 0.000000526. The number of nitrogens with zero attached hydrogens (tertiary/aromatic N) is 4. The molecule has 1 fully saturated rings. The average molecular weight is 1330 g/mol. The van der Waals surface area contributed by atoms with Crippen molar-refractivity contribution in [1.82, 2.24) is 20.3 Å². The minimum atomic E-state index is -1.41. The van der Waals surface area contributed by atoms with Gasteiger partial charge in [0.2, 0.25) is 0 Å². The zero-order valence-corrected chi connectivity index (χ0v) is 69.0. The molecule has 20 heteroatoms. The number of pyridine rings is 4. The third kappa shape index (κ3) is 36.3. The van der Waals surface area contributed by atoms with Crippen LogP contribution < -0.4 is 20.4 Å². The Morgan fingerprint density at radius 3 is 1.25 bits per heavy atom. The van der Waals surface area contributed by atoms with Gasteiger partial charge in [-0.2, -0.15) is 0 Å². The molecule has 5 rings (SSSR count). The Morgan fingerprint density at radius 1 is 0.417 bits per heavy atom. The summed E-state index contributed by atoms with van der Waals surface area (Å²) in [5.74, 6) is 0. The van der Waals surface area contributed by atoms with Crippen LogP contribution in [-0.2, 0) is 35.1 Å². The van der Waals surface area contributed by atoms with Gasteiger partial charge in [-0.3, -0.25) is 15.0 Å². The lowest BCUT2D eigenvalue weighted by Crippen LogP contribution is -2.45. The number of nitrogens with one attached hydrogen (secondary N) is 1. The molecule has 0 spiro atoms. The van der Waals surface area contributed by atoms with Gasteiger partial charge in [0.25, 0.3) is 0 Å². The van der Waals surface area contributed by atoms with Crippen LogP contribution in [0.4, 0.5) is 0 Å². The molecule has 4 aromatic heterocycles. The first kappa shape index (κ1) is 80.5. The van der Waals surface area contributed by atoms with E-state index in [1.807, 2.05) is 72.6 Å². The first-order chi connectivity index (χ1) is 38.8. The summed E-state index contributed by atoms with van der Waals surface area (Å²) >= 11 is 0. The minimum Gasteiger partial charge on any atom is -0.420 e. The number of aromatic nitrogens is 4. The summed E-state index contributed by atoms with van der Waals surface area (Å²) in [6.07, 6.45) is 17.9. The van der Waals surface area contributed by atoms with E-state index in [-0.39, 0.29) is 0 Å². The maximum absolute atomic E-state index is 5.67. The van der Waals surface area contributed by atoms with Gasteiger partial charge in [-0.05, 0) is 176 Å². The van der Waals surface area contributed by atoms with Gasteiger partial charge in [-0.15, -0.1) is 0 Å². The highest BCUT2D eigenvalue weighted by atomic mass is 28.4. The summed E-state index contributed by atoms with van der Waals surface area (Å²) < 4.78 is 30.5. The van der Waals surface area contributed by atoms with Crippen molar-refractivity contribution in [3.05, 3.63) is 110 Å². The Bertz CT molecular complexity index is 2180. The topological polar surface area (TPSA) is 101 Å². The first-order valence-electron chi connectivity index (χ1n) is 31.9. The average Bonchev–Trinajstić information content (AvgIpc) is 3.56. The van der Waals surface area contributed by atoms with Gasteiger partial charge in [-0.1, -0.05) is 119 Å². The molecule has 5 heterocycles. The van der Waals surface area contributed by atoms with Crippen molar-refractivity contribution >= 4 is 92.5 Å². The predicted molar refractivity (Wildman–Crippen MR) is 396 cm³/mol. The van der Waals surface area contributed by atoms with Crippen molar-refractivity contribution in [2.45, 2.75) is 235 Å². The highest BCUT2D eigenvalue weighted by Crippen LogP contribution is 2.36. The molecule has 4 aromatic rings. The van der Waals surface area contributed by atoms with Crippen LogP contribution in [0.15, 0.2) is 104 Å². The molecular weight excluding hydrogens is 1200 g/mol. The third-order valence-electron chi connectivity index (χ3n) is 18.6. The summed E-state index contributed by atoms with van der Waals surface area (Å²) in [6.45, 7) is 51.7. The third-order valence-corrected chi connectivity index (χ3v) is 51.2. The van der Waals surface area contributed by atoms with Crippen molar-refractivity contribution in [3.8, 4) is 0 Å². The van der Waals surface area contributed by atoms with E-state index in [4.69, 9.17) is 22.1 Å². The van der Waals surface area contributed by atoms with E-state index in [0.29, 0.717) is 0 Å². The van der Waals surface area contributed by atoms with E-state index in [9.17, 15) is 0 Å². The van der Waals surface area contributed by atoms with Crippen LogP contribution in [0.3, 0.4) is 0 Å². The summed E-state index contributed by atoms with van der Waals surface area (Å²) in [5.41, 5.74) is 2.46. The number of piperidine rings is 1. The fourth-order valence-electron chi connectivity index (χ4n) is 9.58. The summed E-state index contributed by atoms with van der Waals surface area (Å²) in [6, 6.07) is 37.2. The molecule has 480 valence electrons. The van der Waals surface area contributed by atoms with Crippen molar-refractivity contribution in [2.24, 2.45) is 0 Å². The fraction of sp³-hybridized carbons (Fsp3) is 0.688. The molecule has 0 radical (unpaired) electrons. The number of aryl methyl sites for hydroxylation is 2. The lowest BCUT2D eigenvalue weighted by Gasteiger charge is -2.37. The Hall–Kier alpha value is -1.47. The molecule has 0 aromatic carbocycles. The van der Waals surface area contributed by atoms with Crippen molar-refractivity contribution in [3.63, 3.8) is 0 Å². The highest BCUT2D eigenvalue weighted by Gasteiger charge is 2.36. The van der Waals surface area contributed by atoms with Gasteiger partial charge in [-0.25, -0.2) is 4.57 Å². The Labute approximate surface area is 528 Å². The summed E-state index contributed by atoms with van der Waals surface area (Å²) in [4.78, 5) is 12.7. The zero-order valence-electron chi connectivity index (χ0n) is 59.0. The smallest absolute Gasteiger partial charge is 0.185 e. The molecular formula is C64H130N5O5Si10+. The molecule has 84 heavy (non-hydrogen) atoms. The molecule has 0 saturated carbocycles. The van der Waals surface area contributed by atoms with Crippen LogP contribution in [0.2, 0.25) is 209 Å². The van der Waals surface area contributed by atoms with Gasteiger partial charge in [0.15, 0.2) is 54.0 Å². The van der Waals surface area contributed by atoms with Gasteiger partial charge in [0.1, 0.15) is 14.6 Å². The quantitative estimate of drug-likeness (QED) is 0.0421. The Kier molecular flexibility index (Phi) is 36.7. The predicted octanol–water partition coefficient (Wildman–Crippen LogP) is 16.7. The monoisotopic (exact) mass is 1330 g/mol. The normalized spacial score (nSPS) is 14.2. The van der Waals surface area contributed by atoms with E-state index >= 15 is 0 Å². The van der Waals surface area contributed by atoms with Gasteiger partial charge < -0.3 is 27.4 Å². The first-order valence-corrected chi connectivity index (χ1v) is 64.0. The van der Waals surface area contributed by atoms with Gasteiger partial charge in [0.05, 0.1) is 24.2 Å². The second-order valence-electron chi connectivity index (χ2n) is 30.6. The lowest BCUT2D eigenvalue weighted by atomic mass is 10.2. The van der Waals surface area contributed by atoms with Crippen molar-refractivity contribution in [1.29, 1.82) is 0 Å². The lowest BCUT2D eigenvalue weighted by molar-refractivity contribution is -0.693. The van der Waals surface area contributed by atoms with Crippen LogP contribution in [-0.4, -0.2) is 146 Å². The van der Waals surface area contributed by atoms with E-state index < -0.39 is 82.0 Å². The number of hydrogen-bond donors (Lipinski definition) is 1. The Morgan fingerprint density at radius 2 is 0.821 bits per heavy atom. The standard InChI is InChI=1S/C14H27NOSi2.C14H28NOSi2.C12H29NOSi2.2C12H23NOSi2/c1-16-18(4,5)13-12-17(2,3)11-8-14-6-9-15-10-7-14;1-16-18(4,5)14-13-17(2,3)12-11-15-9-7-6-8-10-15;2*1-14-16(4,5)11-10-15(2,3)12-6-8-13-9-7-12;1-14-16(4,5)11-10-15(2,3)12-8-6-7-9-13-12/h6-7,9-10H,8,11-13H2,1-5H3;6-10H,11-14H2,1-5H3;12-13H,6-11H2,1-5H3;2*6-9H,10-11H2,1-5H3/q;+1;;;. The highest BCUT2D eigenvalue weighted by molar-refractivity contribution is 6.91. The van der Waals surface area contributed by atoms with Crippen LogP contribution in [0.5, 0.6) is 0 Å². The maximum Gasteiger partial charge on any atom is 0.185 e. The van der Waals surface area contributed by atoms with Gasteiger partial charge >= 0.3 is 0 Å². The van der Waals surface area contributed by atoms with E-state index in [0.717, 1.165) is 12.1 Å². The minimum absolute atomic E-state index is 1.01. The van der Waals surface area contributed by atoms with Crippen molar-refractivity contribution < 1.29 is 26.7 Å². The van der Waals surface area contributed by atoms with E-state index in [2.05, 4.69) is 223 Å². The SMILES string of the molecule is CO[Si](C)(C)CC[Si](C)(C)C1CCNCC1.CO[Si](C)(C)CC[Si](C)(C)CC[n+]1ccccc1.CO[Si](C)(C)CC[Si](C)(C)CCc1ccncc1.CO[Si](C)(C)CC[Si](C)(C)c1ccccn1.CO[Si](C)(C)CC[Si](C)(C)c1ccncc1. The number of rotatable bonds is 29. The van der Waals surface area contributed by atoms with E-state index in [1.165, 1.54) is 121 Å². The zero-order chi connectivity index (χ0) is 64.0. The molecule has 0 unspecified atom stereocenters. The molecule has 10 nitrogen and oxygen atoms in total. The van der Waals surface area contributed by atoms with Crippen LogP contribution in [0.25, 0.3) is 0 Å². The summed E-state index contributed by atoms with van der Waals surface area (Å²) in [5, 5.41) is 6.30. The molecule has 0 aliphatic carbocycles. The van der Waals surface area contributed by atoms with Crippen molar-refractivity contribution in [2.75, 3.05) is 48.6 Å².